The van der Waals surface area contributed by atoms with Crippen LogP contribution < -0.4 is 11.1 Å². The number of aliphatic hydroxyl groups is 1. The van der Waals surface area contributed by atoms with Crippen molar-refractivity contribution in [1.29, 1.82) is 0 Å². The summed E-state index contributed by atoms with van der Waals surface area (Å²) in [5, 5.41) is 11.3. The third-order valence-electron chi connectivity index (χ3n) is 3.26. The summed E-state index contributed by atoms with van der Waals surface area (Å²) in [6.07, 6.45) is -6.55. The summed E-state index contributed by atoms with van der Waals surface area (Å²) in [4.78, 5) is 34.8. The second-order valence-corrected chi connectivity index (χ2v) is 5.52. The zero-order valence-corrected chi connectivity index (χ0v) is 14.2. The first-order valence-corrected chi connectivity index (χ1v) is 7.71. The average molecular weight is 392 g/mol. The van der Waals surface area contributed by atoms with Crippen molar-refractivity contribution >= 4 is 17.8 Å². The normalized spacial score (nSPS) is 14.6. The van der Waals surface area contributed by atoms with Gasteiger partial charge in [-0.25, -0.2) is 9.59 Å². The van der Waals surface area contributed by atoms with Gasteiger partial charge in [-0.2, -0.15) is 13.2 Å². The van der Waals surface area contributed by atoms with Crippen molar-refractivity contribution in [3.63, 3.8) is 0 Å². The van der Waals surface area contributed by atoms with E-state index in [2.05, 4.69) is 4.74 Å². The topological polar surface area (TPSA) is 128 Å². The molecule has 0 heterocycles. The van der Waals surface area contributed by atoms with Gasteiger partial charge in [0.05, 0.1) is 6.10 Å². The Labute approximate surface area is 152 Å². The van der Waals surface area contributed by atoms with E-state index in [4.69, 9.17) is 10.5 Å². The zero-order valence-electron chi connectivity index (χ0n) is 14.2. The van der Waals surface area contributed by atoms with E-state index >= 15 is 0 Å². The molecular formula is C16H19F3N2O6. The van der Waals surface area contributed by atoms with E-state index in [1.807, 2.05) is 5.32 Å². The lowest BCUT2D eigenvalue weighted by molar-refractivity contribution is -0.200. The monoisotopic (exact) mass is 392 g/mol. The summed E-state index contributed by atoms with van der Waals surface area (Å²) in [5.41, 5.74) is 5.98. The molecule has 0 aliphatic heterocycles. The average Bonchev–Trinajstić information content (AvgIpc) is 2.61. The van der Waals surface area contributed by atoms with Gasteiger partial charge in [0, 0.05) is 0 Å². The molecule has 0 saturated heterocycles. The molecule has 150 valence electrons. The quantitative estimate of drug-likeness (QED) is 0.533. The van der Waals surface area contributed by atoms with Crippen molar-refractivity contribution in [3.05, 3.63) is 35.9 Å². The van der Waals surface area contributed by atoms with Gasteiger partial charge in [0.1, 0.15) is 19.3 Å². The molecule has 0 aromatic heterocycles. The van der Waals surface area contributed by atoms with Crippen LogP contribution in [-0.4, -0.2) is 53.9 Å². The van der Waals surface area contributed by atoms with Crippen LogP contribution in [0.25, 0.3) is 0 Å². The molecule has 4 N–H and O–H groups in total. The van der Waals surface area contributed by atoms with Gasteiger partial charge in [0.15, 0.2) is 6.04 Å². The number of aliphatic hydroxyl groups excluding tert-OH is 1. The highest BCUT2D eigenvalue weighted by atomic mass is 19.4. The molecule has 0 bridgehead atoms. The lowest BCUT2D eigenvalue weighted by Gasteiger charge is -2.21. The molecule has 8 nitrogen and oxygen atoms in total. The molecule has 1 amide bonds. The minimum atomic E-state index is -5.27. The van der Waals surface area contributed by atoms with Crippen LogP contribution in [-0.2, 0) is 30.5 Å². The predicted molar refractivity (Wildman–Crippen MR) is 84.8 cm³/mol. The van der Waals surface area contributed by atoms with Gasteiger partial charge in [0.2, 0.25) is 5.91 Å². The van der Waals surface area contributed by atoms with Crippen molar-refractivity contribution in [2.24, 2.45) is 5.73 Å². The van der Waals surface area contributed by atoms with Gasteiger partial charge in [-0.1, -0.05) is 30.3 Å². The molecule has 0 aliphatic rings. The Morgan fingerprint density at radius 2 is 1.78 bits per heavy atom. The molecule has 0 aliphatic carbocycles. The number of ether oxygens (including phenoxy) is 2. The van der Waals surface area contributed by atoms with Gasteiger partial charge in [-0.15, -0.1) is 0 Å². The van der Waals surface area contributed by atoms with Gasteiger partial charge >= 0.3 is 18.1 Å². The van der Waals surface area contributed by atoms with Crippen LogP contribution in [0.3, 0.4) is 0 Å². The summed E-state index contributed by atoms with van der Waals surface area (Å²) in [6, 6.07) is 5.15. The molecule has 0 fully saturated rings. The number of nitrogens with one attached hydrogen (secondary N) is 1. The smallest absolute Gasteiger partial charge is 0.459 e. The lowest BCUT2D eigenvalue weighted by Crippen LogP contribution is -2.54. The second kappa shape index (κ2) is 9.88. The molecule has 0 spiro atoms. The van der Waals surface area contributed by atoms with Crippen LogP contribution in [0, 0.1) is 0 Å². The van der Waals surface area contributed by atoms with E-state index in [1.54, 1.807) is 30.3 Å². The van der Waals surface area contributed by atoms with Crippen LogP contribution in [0.1, 0.15) is 12.5 Å². The Kier molecular flexibility index (Phi) is 8.19. The number of carbonyl (C=O) groups is 3. The van der Waals surface area contributed by atoms with Crippen LogP contribution in [0.4, 0.5) is 13.2 Å². The standard InChI is InChI=1S/C16H19F3N2O6/c1-9(22)12(20)13(23)21-11(8-27-15(25)16(17,18)19)14(24)26-7-10-5-3-2-4-6-10/h2-6,9,11-12,22H,7-8,20H2,1H3,(H,21,23)/t9-,11+,12+/m1/s1. The van der Waals surface area contributed by atoms with Gasteiger partial charge in [-0.05, 0) is 12.5 Å². The Morgan fingerprint density at radius 1 is 1.19 bits per heavy atom. The molecule has 0 radical (unpaired) electrons. The SMILES string of the molecule is C[C@@H](O)[C@H](N)C(=O)N[C@@H](COC(=O)C(F)(F)F)C(=O)OCc1ccccc1. The number of rotatable bonds is 8. The van der Waals surface area contributed by atoms with Crippen LogP contribution in [0.15, 0.2) is 30.3 Å². The summed E-state index contributed by atoms with van der Waals surface area (Å²) < 4.78 is 45.6. The highest BCUT2D eigenvalue weighted by molar-refractivity contribution is 5.88. The van der Waals surface area contributed by atoms with Crippen molar-refractivity contribution in [2.75, 3.05) is 6.61 Å². The number of amides is 1. The fraction of sp³-hybridized carbons (Fsp3) is 0.438. The first kappa shape index (κ1) is 22.4. The minimum Gasteiger partial charge on any atom is -0.459 e. The van der Waals surface area contributed by atoms with E-state index in [1.165, 1.54) is 6.92 Å². The number of hydrogen-bond donors (Lipinski definition) is 3. The highest BCUT2D eigenvalue weighted by Crippen LogP contribution is 2.16. The zero-order chi connectivity index (χ0) is 20.6. The lowest BCUT2D eigenvalue weighted by atomic mass is 10.1. The molecule has 1 rings (SSSR count). The summed E-state index contributed by atoms with van der Waals surface area (Å²) >= 11 is 0. The molecule has 3 atom stereocenters. The molecule has 27 heavy (non-hydrogen) atoms. The maximum absolute atomic E-state index is 12.2. The first-order chi connectivity index (χ1) is 12.5. The number of halogens is 3. The molecule has 0 unspecified atom stereocenters. The Balaban J connectivity index is 2.77. The molecule has 1 aromatic carbocycles. The van der Waals surface area contributed by atoms with Gasteiger partial charge in [-0.3, -0.25) is 4.79 Å². The number of benzene rings is 1. The first-order valence-electron chi connectivity index (χ1n) is 7.71. The molecule has 0 saturated carbocycles. The largest absolute Gasteiger partial charge is 0.490 e. The van der Waals surface area contributed by atoms with Crippen molar-refractivity contribution < 1.29 is 42.1 Å². The van der Waals surface area contributed by atoms with Crippen LogP contribution in [0.2, 0.25) is 0 Å². The highest BCUT2D eigenvalue weighted by Gasteiger charge is 2.42. The minimum absolute atomic E-state index is 0.221. The summed E-state index contributed by atoms with van der Waals surface area (Å²) in [6.45, 7) is -0.136. The summed E-state index contributed by atoms with van der Waals surface area (Å²) in [7, 11) is 0. The predicted octanol–water partition coefficient (Wildman–Crippen LogP) is 0.0282. The summed E-state index contributed by atoms with van der Waals surface area (Å²) in [5.74, 6) is -4.70. The van der Waals surface area contributed by atoms with Gasteiger partial charge in [0.25, 0.3) is 0 Å². The van der Waals surface area contributed by atoms with E-state index in [9.17, 15) is 32.7 Å². The van der Waals surface area contributed by atoms with E-state index < -0.39 is 48.8 Å². The second-order valence-electron chi connectivity index (χ2n) is 5.52. The third kappa shape index (κ3) is 7.62. The number of esters is 2. The Morgan fingerprint density at radius 3 is 2.30 bits per heavy atom. The maximum Gasteiger partial charge on any atom is 0.490 e. The van der Waals surface area contributed by atoms with Crippen molar-refractivity contribution in [3.8, 4) is 0 Å². The van der Waals surface area contributed by atoms with Crippen LogP contribution >= 0.6 is 0 Å². The third-order valence-corrected chi connectivity index (χ3v) is 3.26. The van der Waals surface area contributed by atoms with E-state index in [0.29, 0.717) is 5.56 Å². The molecular weight excluding hydrogens is 373 g/mol. The van der Waals surface area contributed by atoms with Gasteiger partial charge < -0.3 is 25.6 Å². The van der Waals surface area contributed by atoms with E-state index in [-0.39, 0.29) is 6.61 Å². The van der Waals surface area contributed by atoms with Crippen molar-refractivity contribution in [2.45, 2.75) is 37.9 Å². The maximum atomic E-state index is 12.2. The Bertz CT molecular complexity index is 651. The van der Waals surface area contributed by atoms with Crippen LogP contribution in [0.5, 0.6) is 0 Å². The van der Waals surface area contributed by atoms with E-state index in [0.717, 1.165) is 0 Å². The number of nitrogens with two attached hydrogens (primary N) is 1. The number of alkyl halides is 3. The number of hydrogen-bond acceptors (Lipinski definition) is 7. The van der Waals surface area contributed by atoms with Crippen molar-refractivity contribution in [1.82, 2.24) is 5.32 Å². The number of carbonyl (C=O) groups excluding carboxylic acids is 3. The fourth-order valence-corrected chi connectivity index (χ4v) is 1.73. The molecule has 1 aromatic rings. The molecule has 11 heteroatoms. The fourth-order valence-electron chi connectivity index (χ4n) is 1.73. The Hall–Kier alpha value is -2.66.